The highest BCUT2D eigenvalue weighted by molar-refractivity contribution is 8.00. The van der Waals surface area contributed by atoms with Gasteiger partial charge in [-0.2, -0.15) is 5.10 Å². The van der Waals surface area contributed by atoms with E-state index in [1.54, 1.807) is 36.2 Å². The molecule has 9 heteroatoms. The molecular formula is C30H26Cl2N4O2S. The molecule has 1 saturated heterocycles. The number of carbonyl (C=O) groups is 2. The smallest absolute Gasteiger partial charge is 0.271 e. The largest absolute Gasteiger partial charge is 0.322 e. The van der Waals surface area contributed by atoms with E-state index in [2.05, 4.69) is 10.5 Å². The lowest BCUT2D eigenvalue weighted by Crippen LogP contribution is -2.27. The topological polar surface area (TPSA) is 66.7 Å². The Kier molecular flexibility index (Phi) is 8.12. The average molecular weight is 578 g/mol. The lowest BCUT2D eigenvalue weighted by Gasteiger charge is -2.24. The van der Waals surface area contributed by atoms with Crippen LogP contribution in [-0.2, 0) is 11.3 Å². The van der Waals surface area contributed by atoms with Crippen molar-refractivity contribution < 1.29 is 9.59 Å². The van der Waals surface area contributed by atoms with Crippen LogP contribution in [0.2, 0.25) is 10.0 Å². The van der Waals surface area contributed by atoms with Gasteiger partial charge >= 0.3 is 0 Å². The summed E-state index contributed by atoms with van der Waals surface area (Å²) in [4.78, 5) is 27.2. The van der Waals surface area contributed by atoms with Crippen LogP contribution >= 0.6 is 35.0 Å². The van der Waals surface area contributed by atoms with E-state index >= 15 is 0 Å². The van der Waals surface area contributed by atoms with E-state index in [4.69, 9.17) is 23.2 Å². The second-order valence-corrected chi connectivity index (χ2v) is 11.1. The highest BCUT2D eigenvalue weighted by atomic mass is 35.5. The molecule has 1 atom stereocenters. The second kappa shape index (κ2) is 11.7. The lowest BCUT2D eigenvalue weighted by molar-refractivity contribution is -0.128. The first kappa shape index (κ1) is 27.1. The zero-order valence-corrected chi connectivity index (χ0v) is 23.7. The van der Waals surface area contributed by atoms with E-state index in [-0.39, 0.29) is 17.2 Å². The lowest BCUT2D eigenvalue weighted by atomic mass is 10.1. The second-order valence-electron chi connectivity index (χ2n) is 9.23. The molecule has 0 radical (unpaired) electrons. The third-order valence-electron chi connectivity index (χ3n) is 6.63. The highest BCUT2D eigenvalue weighted by Gasteiger charge is 2.32. The first-order valence-corrected chi connectivity index (χ1v) is 14.2. The average Bonchev–Trinajstić information content (AvgIpc) is 3.44. The van der Waals surface area contributed by atoms with Crippen molar-refractivity contribution in [3.63, 3.8) is 0 Å². The van der Waals surface area contributed by atoms with Gasteiger partial charge in [-0.05, 0) is 55.3 Å². The molecule has 4 aromatic rings. The number of halogens is 2. The number of thioether (sulfide) groups is 1. The number of hydrazone groups is 1. The van der Waals surface area contributed by atoms with E-state index in [1.807, 2.05) is 84.0 Å². The number of rotatable bonds is 7. The number of benzene rings is 3. The molecule has 0 saturated carbocycles. The first-order valence-electron chi connectivity index (χ1n) is 12.3. The van der Waals surface area contributed by atoms with Crippen molar-refractivity contribution in [3.8, 4) is 5.69 Å². The molecule has 2 heterocycles. The summed E-state index contributed by atoms with van der Waals surface area (Å²) < 4.78 is 2.00. The molecule has 3 aromatic carbocycles. The van der Waals surface area contributed by atoms with Crippen molar-refractivity contribution >= 4 is 53.0 Å². The molecule has 1 fully saturated rings. The van der Waals surface area contributed by atoms with Crippen molar-refractivity contribution in [2.24, 2.45) is 5.10 Å². The Balaban J connectivity index is 1.26. The SMILES string of the molecule is Cc1cc(/C=N\NC(=O)c2ccc([C@@H]3SCC(=O)N3Cc3ccccc3)cc2)c(C)n1-c1cccc(Cl)c1Cl. The van der Waals surface area contributed by atoms with Gasteiger partial charge in [0.05, 0.1) is 27.7 Å². The molecule has 1 aromatic heterocycles. The van der Waals surface area contributed by atoms with Crippen LogP contribution < -0.4 is 5.43 Å². The molecule has 39 heavy (non-hydrogen) atoms. The monoisotopic (exact) mass is 576 g/mol. The summed E-state index contributed by atoms with van der Waals surface area (Å²) in [6.07, 6.45) is 1.62. The summed E-state index contributed by atoms with van der Waals surface area (Å²) in [5, 5.41) is 5.05. The van der Waals surface area contributed by atoms with E-state index in [1.165, 1.54) is 0 Å². The minimum Gasteiger partial charge on any atom is -0.322 e. The van der Waals surface area contributed by atoms with E-state index in [9.17, 15) is 9.59 Å². The Morgan fingerprint density at radius 2 is 1.79 bits per heavy atom. The third-order valence-corrected chi connectivity index (χ3v) is 8.70. The summed E-state index contributed by atoms with van der Waals surface area (Å²) in [5.74, 6) is 0.237. The molecule has 0 bridgehead atoms. The number of amides is 2. The molecule has 1 aliphatic heterocycles. The summed E-state index contributed by atoms with van der Waals surface area (Å²) in [5.41, 5.74) is 8.67. The highest BCUT2D eigenvalue weighted by Crippen LogP contribution is 2.39. The van der Waals surface area contributed by atoms with Crippen molar-refractivity contribution in [1.82, 2.24) is 14.9 Å². The first-order chi connectivity index (χ1) is 18.8. The molecule has 0 aliphatic carbocycles. The molecule has 2 amide bonds. The van der Waals surface area contributed by atoms with Gasteiger partial charge in [0.25, 0.3) is 5.91 Å². The Morgan fingerprint density at radius 1 is 1.05 bits per heavy atom. The molecule has 1 N–H and O–H groups in total. The van der Waals surface area contributed by atoms with Crippen molar-refractivity contribution in [3.05, 3.63) is 123 Å². The molecule has 0 unspecified atom stereocenters. The minimum absolute atomic E-state index is 0.0870. The number of hydrogen-bond donors (Lipinski definition) is 1. The van der Waals surface area contributed by atoms with Crippen LogP contribution in [0.25, 0.3) is 5.69 Å². The molecular weight excluding hydrogens is 551 g/mol. The van der Waals surface area contributed by atoms with Gasteiger partial charge in [-0.1, -0.05) is 71.7 Å². The Morgan fingerprint density at radius 3 is 2.54 bits per heavy atom. The maximum atomic E-state index is 12.8. The van der Waals surface area contributed by atoms with Gasteiger partial charge in [-0.3, -0.25) is 9.59 Å². The van der Waals surface area contributed by atoms with E-state index < -0.39 is 0 Å². The number of hydrogen-bond acceptors (Lipinski definition) is 4. The quantitative estimate of drug-likeness (QED) is 0.191. The van der Waals surface area contributed by atoms with Crippen LogP contribution in [0, 0.1) is 13.8 Å². The Bertz CT molecular complexity index is 1550. The van der Waals surface area contributed by atoms with E-state index in [0.29, 0.717) is 27.9 Å². The van der Waals surface area contributed by atoms with Crippen LogP contribution in [0.1, 0.15) is 43.8 Å². The van der Waals surface area contributed by atoms with E-state index in [0.717, 1.165) is 33.8 Å². The number of aryl methyl sites for hydroxylation is 1. The van der Waals surface area contributed by atoms with Gasteiger partial charge in [0, 0.05) is 29.1 Å². The van der Waals surface area contributed by atoms with Crippen molar-refractivity contribution in [1.29, 1.82) is 0 Å². The molecule has 5 rings (SSSR count). The van der Waals surface area contributed by atoms with Crippen LogP contribution in [0.3, 0.4) is 0 Å². The molecule has 198 valence electrons. The van der Waals surface area contributed by atoms with Gasteiger partial charge in [-0.15, -0.1) is 11.8 Å². The minimum atomic E-state index is -0.319. The van der Waals surface area contributed by atoms with Crippen LogP contribution in [-0.4, -0.2) is 33.2 Å². The summed E-state index contributed by atoms with van der Waals surface area (Å²) in [7, 11) is 0. The van der Waals surface area contributed by atoms with Gasteiger partial charge in [0.1, 0.15) is 5.37 Å². The number of aromatic nitrogens is 1. The number of carbonyl (C=O) groups excluding carboxylic acids is 2. The van der Waals surface area contributed by atoms with Gasteiger partial charge in [0.15, 0.2) is 0 Å². The molecule has 6 nitrogen and oxygen atoms in total. The molecule has 0 spiro atoms. The summed E-state index contributed by atoms with van der Waals surface area (Å²) >= 11 is 14.2. The fourth-order valence-electron chi connectivity index (χ4n) is 4.66. The predicted octanol–water partition coefficient (Wildman–Crippen LogP) is 6.94. The number of nitrogens with one attached hydrogen (secondary N) is 1. The fourth-order valence-corrected chi connectivity index (χ4v) is 6.23. The summed E-state index contributed by atoms with van der Waals surface area (Å²) in [6, 6.07) is 24.7. The fraction of sp³-hybridized carbons (Fsp3) is 0.167. The predicted molar refractivity (Wildman–Crippen MR) is 159 cm³/mol. The normalized spacial score (nSPS) is 15.3. The number of nitrogens with zero attached hydrogens (tertiary/aromatic N) is 3. The van der Waals surface area contributed by atoms with Crippen molar-refractivity contribution in [2.75, 3.05) is 5.75 Å². The maximum absolute atomic E-state index is 12.8. The standard InChI is InChI=1S/C30H26Cl2N4O2S/c1-19-15-24(20(2)36(19)26-10-6-9-25(31)28(26)32)16-33-34-29(38)22-11-13-23(14-12-22)30-35(27(37)18-39-30)17-21-7-4-3-5-8-21/h3-16,30H,17-18H2,1-2H3,(H,34,38)/b33-16-/t30-/m0/s1. The third kappa shape index (κ3) is 5.76. The van der Waals surface area contributed by atoms with Crippen LogP contribution in [0.5, 0.6) is 0 Å². The zero-order valence-electron chi connectivity index (χ0n) is 21.4. The maximum Gasteiger partial charge on any atom is 0.271 e. The summed E-state index contributed by atoms with van der Waals surface area (Å²) in [6.45, 7) is 4.48. The zero-order chi connectivity index (χ0) is 27.5. The Labute approximate surface area is 241 Å². The molecule has 1 aliphatic rings. The Hall–Kier alpha value is -3.52. The van der Waals surface area contributed by atoms with Gasteiger partial charge in [-0.25, -0.2) is 5.43 Å². The van der Waals surface area contributed by atoms with Crippen LogP contribution in [0.15, 0.2) is 84.0 Å². The van der Waals surface area contributed by atoms with Gasteiger partial charge < -0.3 is 9.47 Å². The van der Waals surface area contributed by atoms with Crippen molar-refractivity contribution in [2.45, 2.75) is 25.8 Å². The van der Waals surface area contributed by atoms with Gasteiger partial charge in [0.2, 0.25) is 5.91 Å². The van der Waals surface area contributed by atoms with Crippen LogP contribution in [0.4, 0.5) is 0 Å².